The second-order valence-electron chi connectivity index (χ2n) is 5.70. The first-order valence-corrected chi connectivity index (χ1v) is 7.63. The van der Waals surface area contributed by atoms with E-state index in [0.29, 0.717) is 0 Å². The summed E-state index contributed by atoms with van der Waals surface area (Å²) in [6, 6.07) is 6.49. The van der Waals surface area contributed by atoms with Crippen molar-refractivity contribution in [2.75, 3.05) is 18.4 Å². The van der Waals surface area contributed by atoms with Gasteiger partial charge in [-0.1, -0.05) is 13.0 Å². The van der Waals surface area contributed by atoms with Gasteiger partial charge in [0.15, 0.2) is 5.11 Å². The van der Waals surface area contributed by atoms with E-state index in [-0.39, 0.29) is 0 Å². The molecular weight excluding hydrogens is 252 g/mol. The average molecular weight is 276 g/mol. The molecule has 0 unspecified atom stereocenters. The van der Waals surface area contributed by atoms with Gasteiger partial charge < -0.3 is 10.2 Å². The Labute approximate surface area is 122 Å². The van der Waals surface area contributed by atoms with Crippen LogP contribution in [-0.2, 0) is 0 Å². The fraction of sp³-hybridized carbons (Fsp3) is 0.562. The third-order valence-electron chi connectivity index (χ3n) is 3.43. The van der Waals surface area contributed by atoms with Crippen LogP contribution in [0.2, 0.25) is 0 Å². The largest absolute Gasteiger partial charge is 0.349 e. The van der Waals surface area contributed by atoms with Crippen molar-refractivity contribution in [3.8, 4) is 0 Å². The molecule has 3 heteroatoms. The van der Waals surface area contributed by atoms with Crippen LogP contribution in [0.5, 0.6) is 0 Å². The van der Waals surface area contributed by atoms with Gasteiger partial charge in [0.2, 0.25) is 0 Å². The summed E-state index contributed by atoms with van der Waals surface area (Å²) >= 11 is 5.57. The molecule has 1 aromatic carbocycles. The standard InChI is InChI=1S/C16H24N2S/c1-4-7-18(11-14-5-6-14)16(19)17-15-9-12(2)8-13(3)10-15/h8-10,14H,4-7,11H2,1-3H3,(H,17,19). The number of benzene rings is 1. The molecule has 0 saturated heterocycles. The number of hydrogen-bond acceptors (Lipinski definition) is 1. The minimum atomic E-state index is 0.866. The number of thiocarbonyl (C=S) groups is 1. The number of nitrogens with zero attached hydrogens (tertiary/aromatic N) is 1. The number of rotatable bonds is 5. The molecule has 0 amide bonds. The molecule has 1 fully saturated rings. The summed E-state index contributed by atoms with van der Waals surface area (Å²) in [6.45, 7) is 8.61. The Morgan fingerprint density at radius 1 is 1.26 bits per heavy atom. The molecule has 2 rings (SSSR count). The summed E-state index contributed by atoms with van der Waals surface area (Å²) in [5.41, 5.74) is 3.66. The predicted molar refractivity (Wildman–Crippen MR) is 86.7 cm³/mol. The molecule has 0 heterocycles. The van der Waals surface area contributed by atoms with Crippen LogP contribution in [0.4, 0.5) is 5.69 Å². The van der Waals surface area contributed by atoms with Crippen molar-refractivity contribution in [1.29, 1.82) is 0 Å². The van der Waals surface area contributed by atoms with E-state index in [0.717, 1.165) is 36.2 Å². The number of nitrogens with one attached hydrogen (secondary N) is 1. The number of anilines is 1. The Bertz CT molecular complexity index is 432. The minimum absolute atomic E-state index is 0.866. The van der Waals surface area contributed by atoms with Crippen molar-refractivity contribution in [3.05, 3.63) is 29.3 Å². The van der Waals surface area contributed by atoms with Crippen molar-refractivity contribution < 1.29 is 0 Å². The van der Waals surface area contributed by atoms with Crippen LogP contribution in [0.25, 0.3) is 0 Å². The Kier molecular flexibility index (Phi) is 4.81. The van der Waals surface area contributed by atoms with Gasteiger partial charge in [0.05, 0.1) is 0 Å². The lowest BCUT2D eigenvalue weighted by molar-refractivity contribution is 0.404. The van der Waals surface area contributed by atoms with E-state index in [1.165, 1.54) is 24.0 Å². The highest BCUT2D eigenvalue weighted by Crippen LogP contribution is 2.30. The zero-order chi connectivity index (χ0) is 13.8. The van der Waals surface area contributed by atoms with Gasteiger partial charge in [-0.2, -0.15) is 0 Å². The van der Waals surface area contributed by atoms with E-state index in [1.54, 1.807) is 0 Å². The van der Waals surface area contributed by atoms with Crippen LogP contribution < -0.4 is 5.32 Å². The monoisotopic (exact) mass is 276 g/mol. The van der Waals surface area contributed by atoms with Crippen molar-refractivity contribution in [1.82, 2.24) is 4.90 Å². The predicted octanol–water partition coefficient (Wildman–Crippen LogP) is 4.12. The highest BCUT2D eigenvalue weighted by atomic mass is 32.1. The lowest BCUT2D eigenvalue weighted by Crippen LogP contribution is -2.36. The molecule has 1 aromatic rings. The Balaban J connectivity index is 2.00. The van der Waals surface area contributed by atoms with E-state index >= 15 is 0 Å². The number of aryl methyl sites for hydroxylation is 2. The second kappa shape index (κ2) is 6.38. The first-order chi connectivity index (χ1) is 9.08. The van der Waals surface area contributed by atoms with Gasteiger partial charge in [-0.3, -0.25) is 0 Å². The maximum Gasteiger partial charge on any atom is 0.173 e. The third kappa shape index (κ3) is 4.50. The van der Waals surface area contributed by atoms with Crippen LogP contribution in [0, 0.1) is 19.8 Å². The van der Waals surface area contributed by atoms with Crippen molar-refractivity contribution in [3.63, 3.8) is 0 Å². The fourth-order valence-corrected chi connectivity index (χ4v) is 2.69. The van der Waals surface area contributed by atoms with Gasteiger partial charge in [-0.25, -0.2) is 0 Å². The molecule has 1 aliphatic carbocycles. The maximum atomic E-state index is 5.57. The molecule has 1 N–H and O–H groups in total. The van der Waals surface area contributed by atoms with Crippen LogP contribution in [-0.4, -0.2) is 23.1 Å². The molecule has 2 nitrogen and oxygen atoms in total. The molecule has 0 aliphatic heterocycles. The topological polar surface area (TPSA) is 15.3 Å². The highest BCUT2D eigenvalue weighted by Gasteiger charge is 2.25. The van der Waals surface area contributed by atoms with Crippen molar-refractivity contribution in [2.45, 2.75) is 40.0 Å². The Morgan fingerprint density at radius 2 is 1.89 bits per heavy atom. The lowest BCUT2D eigenvalue weighted by Gasteiger charge is -2.25. The second-order valence-corrected chi connectivity index (χ2v) is 6.08. The van der Waals surface area contributed by atoms with Crippen molar-refractivity contribution in [2.24, 2.45) is 5.92 Å². The van der Waals surface area contributed by atoms with E-state index in [1.807, 2.05) is 0 Å². The lowest BCUT2D eigenvalue weighted by atomic mass is 10.1. The molecule has 1 saturated carbocycles. The molecule has 0 radical (unpaired) electrons. The quantitative estimate of drug-likeness (QED) is 0.814. The van der Waals surface area contributed by atoms with E-state index in [4.69, 9.17) is 12.2 Å². The van der Waals surface area contributed by atoms with Gasteiger partial charge in [0, 0.05) is 18.8 Å². The van der Waals surface area contributed by atoms with Gasteiger partial charge in [0.1, 0.15) is 0 Å². The fourth-order valence-electron chi connectivity index (χ4n) is 2.41. The molecule has 0 bridgehead atoms. The molecule has 0 aromatic heterocycles. The van der Waals surface area contributed by atoms with Gasteiger partial charge in [0.25, 0.3) is 0 Å². The normalized spacial score (nSPS) is 14.3. The summed E-state index contributed by atoms with van der Waals surface area (Å²) in [5.74, 6) is 0.866. The molecular formula is C16H24N2S. The first-order valence-electron chi connectivity index (χ1n) is 7.22. The van der Waals surface area contributed by atoms with Gasteiger partial charge >= 0.3 is 0 Å². The first kappa shape index (κ1) is 14.3. The molecule has 104 valence electrons. The molecule has 1 aliphatic rings. The summed E-state index contributed by atoms with van der Waals surface area (Å²) in [4.78, 5) is 2.32. The van der Waals surface area contributed by atoms with Crippen LogP contribution in [0.3, 0.4) is 0 Å². The SMILES string of the molecule is CCCN(CC1CC1)C(=S)Nc1cc(C)cc(C)c1. The van der Waals surface area contributed by atoms with Crippen LogP contribution >= 0.6 is 12.2 Å². The zero-order valence-corrected chi connectivity index (χ0v) is 13.0. The highest BCUT2D eigenvalue weighted by molar-refractivity contribution is 7.80. The Hall–Kier alpha value is -1.09. The number of hydrogen-bond donors (Lipinski definition) is 1. The van der Waals surface area contributed by atoms with E-state index in [9.17, 15) is 0 Å². The Morgan fingerprint density at radius 3 is 2.42 bits per heavy atom. The average Bonchev–Trinajstić information content (AvgIpc) is 3.10. The smallest absolute Gasteiger partial charge is 0.173 e. The maximum absolute atomic E-state index is 5.57. The van der Waals surface area contributed by atoms with Gasteiger partial charge in [-0.15, -0.1) is 0 Å². The molecule has 0 spiro atoms. The zero-order valence-electron chi connectivity index (χ0n) is 12.2. The summed E-state index contributed by atoms with van der Waals surface area (Å²) in [7, 11) is 0. The summed E-state index contributed by atoms with van der Waals surface area (Å²) in [5, 5.41) is 4.27. The third-order valence-corrected chi connectivity index (χ3v) is 3.79. The van der Waals surface area contributed by atoms with Crippen molar-refractivity contribution >= 4 is 23.0 Å². The van der Waals surface area contributed by atoms with Gasteiger partial charge in [-0.05, 0) is 74.5 Å². The summed E-state index contributed by atoms with van der Waals surface area (Å²) in [6.07, 6.45) is 3.88. The molecule has 0 atom stereocenters. The van der Waals surface area contributed by atoms with E-state index in [2.05, 4.69) is 49.2 Å². The molecule has 19 heavy (non-hydrogen) atoms. The van der Waals surface area contributed by atoms with Crippen LogP contribution in [0.1, 0.15) is 37.3 Å². The summed E-state index contributed by atoms with van der Waals surface area (Å²) < 4.78 is 0. The van der Waals surface area contributed by atoms with E-state index < -0.39 is 0 Å². The minimum Gasteiger partial charge on any atom is -0.349 e. The van der Waals surface area contributed by atoms with Crippen LogP contribution in [0.15, 0.2) is 18.2 Å².